The van der Waals surface area contributed by atoms with Gasteiger partial charge in [-0.2, -0.15) is 0 Å². The van der Waals surface area contributed by atoms with E-state index in [0.717, 1.165) is 56.4 Å². The van der Waals surface area contributed by atoms with Gasteiger partial charge >= 0.3 is 0 Å². The van der Waals surface area contributed by atoms with E-state index in [1.54, 1.807) is 14.2 Å². The molecule has 0 radical (unpaired) electrons. The average Bonchev–Trinajstić information content (AvgIpc) is 3.11. The van der Waals surface area contributed by atoms with Crippen LogP contribution in [0.1, 0.15) is 11.1 Å². The molecule has 7 aromatic carbocycles. The maximum absolute atomic E-state index is 5.57. The van der Waals surface area contributed by atoms with Gasteiger partial charge in [0.25, 0.3) is 0 Å². The fraction of sp³-hybridized carbons (Fsp3) is 0.0952. The lowest BCUT2D eigenvalue weighted by Crippen LogP contribution is -2.18. The minimum absolute atomic E-state index is 0.815. The van der Waals surface area contributed by atoms with E-state index in [-0.39, 0.29) is 0 Å². The second kappa shape index (κ2) is 12.3. The Hall–Kier alpha value is -5.74. The van der Waals surface area contributed by atoms with Crippen molar-refractivity contribution in [3.63, 3.8) is 0 Å². The van der Waals surface area contributed by atoms with Crippen molar-refractivity contribution >= 4 is 55.7 Å². The molecule has 0 fully saturated rings. The van der Waals surface area contributed by atoms with Gasteiger partial charge in [-0.3, -0.25) is 0 Å². The SMILES string of the molecule is COc1ccc(N(c2ccc(C)cc2)c2c(N(c3ccc(C)cc3)c3ccc(OC)cc3)c3ccccc3c3ccccc23)cc1. The number of fused-ring (bicyclic) bond motifs is 3. The van der Waals surface area contributed by atoms with Gasteiger partial charge in [0.2, 0.25) is 0 Å². The molecule has 0 saturated carbocycles. The Bertz CT molecular complexity index is 1960. The van der Waals surface area contributed by atoms with E-state index in [4.69, 9.17) is 9.47 Å². The van der Waals surface area contributed by atoms with Crippen molar-refractivity contribution in [2.45, 2.75) is 13.8 Å². The minimum Gasteiger partial charge on any atom is -0.497 e. The number of nitrogens with zero attached hydrogens (tertiary/aromatic N) is 2. The van der Waals surface area contributed by atoms with Crippen LogP contribution in [0.2, 0.25) is 0 Å². The number of anilines is 6. The van der Waals surface area contributed by atoms with E-state index < -0.39 is 0 Å². The topological polar surface area (TPSA) is 24.9 Å². The van der Waals surface area contributed by atoms with Crippen molar-refractivity contribution < 1.29 is 9.47 Å². The summed E-state index contributed by atoms with van der Waals surface area (Å²) in [6, 6.07) is 51.7. The smallest absolute Gasteiger partial charge is 0.119 e. The van der Waals surface area contributed by atoms with Gasteiger partial charge in [-0.15, -0.1) is 0 Å². The molecule has 7 rings (SSSR count). The molecule has 4 heteroatoms. The molecule has 0 N–H and O–H groups in total. The predicted octanol–water partition coefficient (Wildman–Crippen LogP) is 11.6. The highest BCUT2D eigenvalue weighted by atomic mass is 16.5. The predicted molar refractivity (Wildman–Crippen MR) is 193 cm³/mol. The van der Waals surface area contributed by atoms with Crippen LogP contribution >= 0.6 is 0 Å². The largest absolute Gasteiger partial charge is 0.497 e. The molecular weight excluding hydrogens is 564 g/mol. The van der Waals surface area contributed by atoms with Gasteiger partial charge in [0.05, 0.1) is 25.6 Å². The average molecular weight is 601 g/mol. The third-order valence-corrected chi connectivity index (χ3v) is 8.57. The number of ether oxygens (including phenoxy) is 2. The molecule has 0 amide bonds. The highest BCUT2D eigenvalue weighted by Gasteiger charge is 2.27. The van der Waals surface area contributed by atoms with Crippen molar-refractivity contribution in [1.82, 2.24) is 0 Å². The highest BCUT2D eigenvalue weighted by Crippen LogP contribution is 2.53. The van der Waals surface area contributed by atoms with Gasteiger partial charge in [0.15, 0.2) is 0 Å². The first-order chi connectivity index (χ1) is 22.6. The van der Waals surface area contributed by atoms with Gasteiger partial charge in [-0.05, 0) is 97.4 Å². The monoisotopic (exact) mass is 600 g/mol. The Kier molecular flexibility index (Phi) is 7.78. The zero-order chi connectivity index (χ0) is 31.6. The summed E-state index contributed by atoms with van der Waals surface area (Å²) in [5, 5.41) is 4.69. The molecule has 0 bridgehead atoms. The van der Waals surface area contributed by atoms with E-state index in [1.165, 1.54) is 21.9 Å². The van der Waals surface area contributed by atoms with Gasteiger partial charge in [0, 0.05) is 33.5 Å². The van der Waals surface area contributed by atoms with Crippen LogP contribution in [0, 0.1) is 13.8 Å². The second-order valence-corrected chi connectivity index (χ2v) is 11.5. The minimum atomic E-state index is 0.815. The molecule has 0 aliphatic rings. The molecule has 0 unspecified atom stereocenters. The molecule has 7 aromatic rings. The zero-order valence-corrected chi connectivity index (χ0v) is 26.6. The summed E-state index contributed by atoms with van der Waals surface area (Å²) in [6.45, 7) is 4.25. The first kappa shape index (κ1) is 29.0. The molecule has 0 atom stereocenters. The Morgan fingerprint density at radius 1 is 0.348 bits per heavy atom. The number of hydrogen-bond acceptors (Lipinski definition) is 4. The van der Waals surface area contributed by atoms with Crippen molar-refractivity contribution in [3.05, 3.63) is 157 Å². The molecule has 0 aliphatic heterocycles. The Morgan fingerprint density at radius 3 is 0.935 bits per heavy atom. The van der Waals surface area contributed by atoms with Gasteiger partial charge in [-0.25, -0.2) is 0 Å². The summed E-state index contributed by atoms with van der Waals surface area (Å²) >= 11 is 0. The van der Waals surface area contributed by atoms with Gasteiger partial charge in [-0.1, -0.05) is 83.9 Å². The van der Waals surface area contributed by atoms with Crippen molar-refractivity contribution in [2.24, 2.45) is 0 Å². The lowest BCUT2D eigenvalue weighted by atomic mass is 9.95. The summed E-state index contributed by atoms with van der Waals surface area (Å²) < 4.78 is 11.1. The molecule has 0 saturated heterocycles. The third-order valence-electron chi connectivity index (χ3n) is 8.57. The maximum Gasteiger partial charge on any atom is 0.119 e. The lowest BCUT2D eigenvalue weighted by molar-refractivity contribution is 0.414. The van der Waals surface area contributed by atoms with Crippen LogP contribution in [0.15, 0.2) is 146 Å². The standard InChI is InChI=1S/C42H36N2O2/c1-29-13-17-31(18-14-29)43(33-21-25-35(45-3)26-22-33)41-39-11-7-5-9-37(39)38-10-6-8-12-40(38)42(41)44(32-19-15-30(2)16-20-32)34-23-27-36(46-4)28-24-34/h5-28H,1-4H3. The van der Waals surface area contributed by atoms with E-state index in [9.17, 15) is 0 Å². The molecule has 4 nitrogen and oxygen atoms in total. The van der Waals surface area contributed by atoms with Gasteiger partial charge in [0.1, 0.15) is 11.5 Å². The van der Waals surface area contributed by atoms with E-state index >= 15 is 0 Å². The first-order valence-electron chi connectivity index (χ1n) is 15.5. The Balaban J connectivity index is 1.65. The summed E-state index contributed by atoms with van der Waals surface area (Å²) in [5.74, 6) is 1.63. The van der Waals surface area contributed by atoms with Crippen LogP contribution in [0.25, 0.3) is 21.5 Å². The summed E-state index contributed by atoms with van der Waals surface area (Å²) in [6.07, 6.45) is 0. The number of benzene rings is 7. The van der Waals surface area contributed by atoms with Crippen molar-refractivity contribution in [2.75, 3.05) is 24.0 Å². The molecule has 0 heterocycles. The van der Waals surface area contributed by atoms with E-state index in [1.807, 2.05) is 24.3 Å². The Morgan fingerprint density at radius 2 is 0.630 bits per heavy atom. The van der Waals surface area contributed by atoms with Crippen molar-refractivity contribution in [1.29, 1.82) is 0 Å². The number of hydrogen-bond donors (Lipinski definition) is 0. The van der Waals surface area contributed by atoms with Crippen LogP contribution in [0.5, 0.6) is 11.5 Å². The number of rotatable bonds is 8. The molecule has 0 aliphatic carbocycles. The Labute approximate surface area is 270 Å². The van der Waals surface area contributed by atoms with Crippen LogP contribution in [-0.2, 0) is 0 Å². The van der Waals surface area contributed by atoms with Gasteiger partial charge < -0.3 is 19.3 Å². The fourth-order valence-corrected chi connectivity index (χ4v) is 6.22. The normalized spacial score (nSPS) is 11.0. The molecule has 0 aromatic heterocycles. The molecule has 0 spiro atoms. The van der Waals surface area contributed by atoms with Crippen molar-refractivity contribution in [3.8, 4) is 11.5 Å². The van der Waals surface area contributed by atoms with E-state index in [2.05, 4.69) is 145 Å². The molecule has 46 heavy (non-hydrogen) atoms. The summed E-state index contributed by atoms with van der Waals surface area (Å²) in [4.78, 5) is 4.77. The van der Waals surface area contributed by atoms with Crippen LogP contribution in [-0.4, -0.2) is 14.2 Å². The van der Waals surface area contributed by atoms with Crippen LogP contribution in [0.3, 0.4) is 0 Å². The van der Waals surface area contributed by atoms with Crippen LogP contribution in [0.4, 0.5) is 34.1 Å². The fourth-order valence-electron chi connectivity index (χ4n) is 6.22. The zero-order valence-electron chi connectivity index (χ0n) is 26.6. The first-order valence-corrected chi connectivity index (χ1v) is 15.5. The lowest BCUT2D eigenvalue weighted by Gasteiger charge is -2.35. The van der Waals surface area contributed by atoms with Crippen LogP contribution < -0.4 is 19.3 Å². The summed E-state index contributed by atoms with van der Waals surface area (Å²) in [7, 11) is 3.41. The second-order valence-electron chi connectivity index (χ2n) is 11.5. The number of aryl methyl sites for hydroxylation is 2. The quantitative estimate of drug-likeness (QED) is 0.128. The summed E-state index contributed by atoms with van der Waals surface area (Å²) in [5.41, 5.74) is 8.78. The number of methoxy groups -OCH3 is 2. The maximum atomic E-state index is 5.57. The molecule has 226 valence electrons. The third kappa shape index (κ3) is 5.28. The molecular formula is C42H36N2O2. The van der Waals surface area contributed by atoms with E-state index in [0.29, 0.717) is 0 Å². The highest BCUT2D eigenvalue weighted by molar-refractivity contribution is 6.23.